The third-order valence-electron chi connectivity index (χ3n) is 0. The van der Waals surface area contributed by atoms with Crippen molar-refractivity contribution in [1.29, 1.82) is 5.41 Å². The average Bonchev–Trinajstić information content (AvgIpc) is 1.75. The maximum absolute atomic E-state index is 5.50. The van der Waals surface area contributed by atoms with Crippen LogP contribution >= 0.6 is 0 Å². The number of hydrogen-bond acceptors (Lipinski definition) is 1. The highest BCUT2D eigenvalue weighted by atomic mass is 14.2. The molecule has 0 atom stereocenters. The maximum Gasteiger partial charge on any atom is -0.0187 e. The van der Waals surface area contributed by atoms with Gasteiger partial charge in [0.2, 0.25) is 0 Å². The van der Waals surface area contributed by atoms with Gasteiger partial charge in [0.25, 0.3) is 0 Å². The second-order valence-electron chi connectivity index (χ2n) is 0.750. The summed E-state index contributed by atoms with van der Waals surface area (Å²) in [6.07, 6.45) is 0. The van der Waals surface area contributed by atoms with Crippen molar-refractivity contribution in [3.63, 3.8) is 0 Å². The molecule has 1 nitrogen and oxygen atoms in total. The van der Waals surface area contributed by atoms with Gasteiger partial charge in [-0.2, -0.15) is 0 Å². The number of rotatable bonds is 0. The molecule has 46 valence electrons. The molecule has 0 rings (SSSR count). The molecule has 1 N–H and O–H groups in total. The summed E-state index contributed by atoms with van der Waals surface area (Å²) in [5, 5.41) is 5.50. The van der Waals surface area contributed by atoms with E-state index in [-0.39, 0.29) is 0 Å². The van der Waals surface area contributed by atoms with Crippen molar-refractivity contribution in [3.05, 3.63) is 39.2 Å². The third kappa shape index (κ3) is 60.1. The van der Waals surface area contributed by atoms with Crippen molar-refractivity contribution >= 4 is 6.72 Å². The normalized spacial score (nSPS) is 4.00. The van der Waals surface area contributed by atoms with Crippen LogP contribution in [0.15, 0.2) is 25.3 Å². The van der Waals surface area contributed by atoms with E-state index in [0.717, 1.165) is 0 Å². The standard InChI is InChI=1S/C4H6.C2H4.CH3N/c1-4(2)3;2*1-2/h1-3H2;1-2H2;2H,1H2. The predicted molar refractivity (Wildman–Crippen MR) is 40.9 cm³/mol. The van der Waals surface area contributed by atoms with Crippen LogP contribution in [0, 0.1) is 19.3 Å². The first kappa shape index (κ1) is 15.8. The van der Waals surface area contributed by atoms with Crippen LogP contribution in [-0.4, -0.2) is 6.72 Å². The van der Waals surface area contributed by atoms with Crippen molar-refractivity contribution < 1.29 is 0 Å². The summed E-state index contributed by atoms with van der Waals surface area (Å²) in [7, 11) is 0. The van der Waals surface area contributed by atoms with Crippen LogP contribution in [0.1, 0.15) is 0 Å². The van der Waals surface area contributed by atoms with E-state index in [1.54, 1.807) is 0 Å². The maximum atomic E-state index is 5.50. The van der Waals surface area contributed by atoms with Crippen LogP contribution in [0.4, 0.5) is 0 Å². The SMILES string of the molecule is C=C.C=C([CH2+])[CH2-].C=N. The second-order valence-corrected chi connectivity index (χ2v) is 0.750. The fourth-order valence-electron chi connectivity index (χ4n) is 0. The zero-order valence-electron chi connectivity index (χ0n) is 5.24. The van der Waals surface area contributed by atoms with Crippen molar-refractivity contribution in [1.82, 2.24) is 0 Å². The lowest BCUT2D eigenvalue weighted by Crippen LogP contribution is -1.46. The van der Waals surface area contributed by atoms with E-state index >= 15 is 0 Å². The molecule has 0 aromatic rings. The number of nitrogens with one attached hydrogen (secondary N) is 1. The Bertz CT molecular complexity index is 42.3. The lowest BCUT2D eigenvalue weighted by molar-refractivity contribution is 1.61. The molecule has 0 radical (unpaired) electrons. The number of hydrogen-bond donors (Lipinski definition) is 1. The molecule has 0 spiro atoms. The van der Waals surface area contributed by atoms with Gasteiger partial charge in [-0.15, -0.1) is 13.2 Å². The zero-order chi connectivity index (χ0) is 7.58. The summed E-state index contributed by atoms with van der Waals surface area (Å²) in [5.41, 5.74) is 0.667. The highest BCUT2D eigenvalue weighted by Crippen LogP contribution is 1.71. The molecule has 0 amide bonds. The molecule has 0 saturated carbocycles. The second kappa shape index (κ2) is 39.4. The van der Waals surface area contributed by atoms with Crippen molar-refractivity contribution in [3.8, 4) is 0 Å². The summed E-state index contributed by atoms with van der Waals surface area (Å²) in [6, 6.07) is 0. The Morgan fingerprint density at radius 2 is 1.38 bits per heavy atom. The molecule has 1 heteroatoms. The molecule has 0 aliphatic carbocycles. The van der Waals surface area contributed by atoms with E-state index < -0.39 is 0 Å². The molecule has 8 heavy (non-hydrogen) atoms. The van der Waals surface area contributed by atoms with Crippen LogP contribution in [0.25, 0.3) is 0 Å². The van der Waals surface area contributed by atoms with Crippen molar-refractivity contribution in [2.24, 2.45) is 0 Å². The summed E-state index contributed by atoms with van der Waals surface area (Å²) in [6.45, 7) is 18.5. The Kier molecular flexibility index (Phi) is 77.9. The molecule has 0 heterocycles. The van der Waals surface area contributed by atoms with E-state index in [4.69, 9.17) is 5.41 Å². The van der Waals surface area contributed by atoms with Crippen LogP contribution in [0.3, 0.4) is 0 Å². The van der Waals surface area contributed by atoms with E-state index in [1.165, 1.54) is 0 Å². The Hall–Kier alpha value is -1.11. The van der Waals surface area contributed by atoms with Crippen molar-refractivity contribution in [2.75, 3.05) is 0 Å². The van der Waals surface area contributed by atoms with Gasteiger partial charge >= 0.3 is 0 Å². The number of allylic oxidation sites excluding steroid dienone is 1. The first-order valence-corrected chi connectivity index (χ1v) is 1.91. The van der Waals surface area contributed by atoms with Gasteiger partial charge in [0.15, 0.2) is 0 Å². The van der Waals surface area contributed by atoms with E-state index in [2.05, 4.69) is 40.3 Å². The minimum absolute atomic E-state index is 0.667. The lowest BCUT2D eigenvalue weighted by atomic mass is 10.4. The zero-order valence-corrected chi connectivity index (χ0v) is 5.24. The van der Waals surface area contributed by atoms with Crippen molar-refractivity contribution in [2.45, 2.75) is 0 Å². The van der Waals surface area contributed by atoms with E-state index in [9.17, 15) is 0 Å². The monoisotopic (exact) mass is 111 g/mol. The Balaban J connectivity index is -0.0000000542. The van der Waals surface area contributed by atoms with Gasteiger partial charge in [0.1, 0.15) is 0 Å². The Labute approximate surface area is 52.2 Å². The summed E-state index contributed by atoms with van der Waals surface area (Å²) in [5.74, 6) is 0. The fourth-order valence-corrected chi connectivity index (χ4v) is 0. The lowest BCUT2D eigenvalue weighted by Gasteiger charge is -1.65. The van der Waals surface area contributed by atoms with E-state index in [0.29, 0.717) is 5.57 Å². The molecule has 0 saturated heterocycles. The highest BCUT2D eigenvalue weighted by Gasteiger charge is 1.51. The smallest absolute Gasteiger partial charge is 0.0187 e. The fraction of sp³-hybridized carbons (Fsp3) is 0. The molecule has 0 aromatic carbocycles. The van der Waals surface area contributed by atoms with Crippen LogP contribution < -0.4 is 0 Å². The molecule has 0 aliphatic heterocycles. The quantitative estimate of drug-likeness (QED) is 0.282. The molecule has 0 aromatic heterocycles. The van der Waals surface area contributed by atoms with Gasteiger partial charge in [0.05, 0.1) is 0 Å². The first-order valence-electron chi connectivity index (χ1n) is 1.91. The molecule has 0 unspecified atom stereocenters. The molecule has 0 bridgehead atoms. The molecular weight excluding hydrogens is 98.1 g/mol. The predicted octanol–water partition coefficient (Wildman–Crippen LogP) is 2.28. The molecule has 0 fully saturated rings. The highest BCUT2D eigenvalue weighted by molar-refractivity contribution is 5.15. The molecular formula is C7H13N. The van der Waals surface area contributed by atoms with Gasteiger partial charge in [-0.25, -0.2) is 0 Å². The van der Waals surface area contributed by atoms with Crippen LogP contribution in [-0.2, 0) is 0 Å². The van der Waals surface area contributed by atoms with Gasteiger partial charge in [-0.05, 0) is 12.3 Å². The largest absolute Gasteiger partial charge is 0.317 e. The topological polar surface area (TPSA) is 23.9 Å². The Morgan fingerprint density at radius 1 is 1.38 bits per heavy atom. The summed E-state index contributed by atoms with van der Waals surface area (Å²) in [4.78, 5) is 0. The third-order valence-corrected chi connectivity index (χ3v) is 0. The summed E-state index contributed by atoms with van der Waals surface area (Å²) >= 11 is 0. The summed E-state index contributed by atoms with van der Waals surface area (Å²) < 4.78 is 0. The van der Waals surface area contributed by atoms with Gasteiger partial charge in [-0.1, -0.05) is 20.4 Å². The van der Waals surface area contributed by atoms with E-state index in [1.807, 2.05) is 0 Å². The Morgan fingerprint density at radius 3 is 1.38 bits per heavy atom. The minimum Gasteiger partial charge on any atom is -0.317 e. The van der Waals surface area contributed by atoms with Gasteiger partial charge < -0.3 is 5.41 Å². The molecule has 0 aliphatic rings. The van der Waals surface area contributed by atoms with Gasteiger partial charge in [-0.3, -0.25) is 0 Å². The average molecular weight is 111 g/mol. The van der Waals surface area contributed by atoms with Gasteiger partial charge in [0, 0.05) is 0 Å². The van der Waals surface area contributed by atoms with Crippen LogP contribution in [0.5, 0.6) is 0 Å². The van der Waals surface area contributed by atoms with Crippen LogP contribution in [0.2, 0.25) is 0 Å². The first-order chi connectivity index (χ1) is 3.73. The minimum atomic E-state index is 0.667.